The van der Waals surface area contributed by atoms with Crippen LogP contribution in [0.1, 0.15) is 26.2 Å². The maximum Gasteiger partial charge on any atom is 0.129 e. The molecule has 1 atom stereocenters. The summed E-state index contributed by atoms with van der Waals surface area (Å²) in [7, 11) is 1.81. The van der Waals surface area contributed by atoms with E-state index in [2.05, 4.69) is 5.32 Å². The first-order valence-corrected chi connectivity index (χ1v) is 6.38. The van der Waals surface area contributed by atoms with E-state index >= 15 is 0 Å². The third-order valence-electron chi connectivity index (χ3n) is 3.18. The van der Waals surface area contributed by atoms with Crippen molar-refractivity contribution < 1.29 is 18.6 Å². The van der Waals surface area contributed by atoms with Crippen molar-refractivity contribution in [3.05, 3.63) is 29.8 Å². The zero-order valence-corrected chi connectivity index (χ0v) is 11.4. The van der Waals surface area contributed by atoms with E-state index in [1.54, 1.807) is 0 Å². The number of hydrogen-bond donors (Lipinski definition) is 2. The fourth-order valence-electron chi connectivity index (χ4n) is 1.70. The standard InChI is InChI=1S/C14H21F2NO2/c1-14(10-18,17-2)5-3-4-6-19-13-8-11(15)7-12(16)9-13/h7-9,17-18H,3-6,10H2,1-2H3. The molecule has 0 saturated carbocycles. The molecule has 1 unspecified atom stereocenters. The lowest BCUT2D eigenvalue weighted by molar-refractivity contribution is 0.168. The van der Waals surface area contributed by atoms with Crippen molar-refractivity contribution in [3.8, 4) is 5.75 Å². The lowest BCUT2D eigenvalue weighted by Gasteiger charge is -2.26. The van der Waals surface area contributed by atoms with Crippen molar-refractivity contribution in [1.82, 2.24) is 5.32 Å². The number of unbranched alkanes of at least 4 members (excludes halogenated alkanes) is 1. The summed E-state index contributed by atoms with van der Waals surface area (Å²) in [6.45, 7) is 2.41. The van der Waals surface area contributed by atoms with Crippen molar-refractivity contribution >= 4 is 0 Å². The Morgan fingerprint density at radius 2 is 1.84 bits per heavy atom. The molecule has 1 aromatic carbocycles. The molecule has 0 saturated heterocycles. The van der Waals surface area contributed by atoms with Crippen LogP contribution in [0.2, 0.25) is 0 Å². The quantitative estimate of drug-likeness (QED) is 0.715. The Balaban J connectivity index is 2.27. The smallest absolute Gasteiger partial charge is 0.129 e. The highest BCUT2D eigenvalue weighted by molar-refractivity contribution is 5.23. The van der Waals surface area contributed by atoms with E-state index in [0.29, 0.717) is 6.61 Å². The first-order chi connectivity index (χ1) is 8.99. The van der Waals surface area contributed by atoms with Gasteiger partial charge in [0.05, 0.1) is 13.2 Å². The van der Waals surface area contributed by atoms with E-state index in [1.807, 2.05) is 14.0 Å². The molecule has 108 valence electrons. The van der Waals surface area contributed by atoms with Crippen LogP contribution in [0, 0.1) is 11.6 Å². The van der Waals surface area contributed by atoms with Gasteiger partial charge in [0, 0.05) is 23.7 Å². The van der Waals surface area contributed by atoms with Crippen LogP contribution in [0.4, 0.5) is 8.78 Å². The van der Waals surface area contributed by atoms with Gasteiger partial charge in [-0.1, -0.05) is 0 Å². The molecular weight excluding hydrogens is 252 g/mol. The SMILES string of the molecule is CNC(C)(CO)CCCCOc1cc(F)cc(F)c1. The van der Waals surface area contributed by atoms with E-state index in [4.69, 9.17) is 4.74 Å². The molecule has 0 fully saturated rings. The van der Waals surface area contributed by atoms with E-state index in [0.717, 1.165) is 37.5 Å². The largest absolute Gasteiger partial charge is 0.493 e. The van der Waals surface area contributed by atoms with Crippen LogP contribution in [0.3, 0.4) is 0 Å². The number of aliphatic hydroxyl groups excluding tert-OH is 1. The molecule has 0 radical (unpaired) electrons. The van der Waals surface area contributed by atoms with Crippen LogP contribution in [-0.4, -0.2) is 30.9 Å². The molecule has 5 heteroatoms. The fraction of sp³-hybridized carbons (Fsp3) is 0.571. The van der Waals surface area contributed by atoms with Crippen molar-refractivity contribution in [1.29, 1.82) is 0 Å². The zero-order valence-electron chi connectivity index (χ0n) is 11.4. The molecule has 3 nitrogen and oxygen atoms in total. The number of rotatable bonds is 8. The molecule has 1 rings (SSSR count). The summed E-state index contributed by atoms with van der Waals surface area (Å²) < 4.78 is 31.1. The van der Waals surface area contributed by atoms with Crippen LogP contribution in [0.15, 0.2) is 18.2 Å². The minimum absolute atomic E-state index is 0.0689. The number of ether oxygens (including phenoxy) is 1. The van der Waals surface area contributed by atoms with Crippen molar-refractivity contribution in [3.63, 3.8) is 0 Å². The van der Waals surface area contributed by atoms with Gasteiger partial charge in [0.15, 0.2) is 0 Å². The summed E-state index contributed by atoms with van der Waals surface area (Å²) in [4.78, 5) is 0. The van der Waals surface area contributed by atoms with Gasteiger partial charge < -0.3 is 15.2 Å². The second kappa shape index (κ2) is 7.40. The highest BCUT2D eigenvalue weighted by atomic mass is 19.1. The van der Waals surface area contributed by atoms with Gasteiger partial charge in [0.1, 0.15) is 17.4 Å². The van der Waals surface area contributed by atoms with Crippen molar-refractivity contribution in [2.45, 2.75) is 31.7 Å². The molecule has 0 heterocycles. The van der Waals surface area contributed by atoms with Crippen LogP contribution in [0.25, 0.3) is 0 Å². The minimum atomic E-state index is -0.641. The van der Waals surface area contributed by atoms with Crippen LogP contribution >= 0.6 is 0 Å². The molecule has 2 N–H and O–H groups in total. The van der Waals surface area contributed by atoms with Gasteiger partial charge in [0.2, 0.25) is 0 Å². The Morgan fingerprint density at radius 1 is 1.21 bits per heavy atom. The third-order valence-corrected chi connectivity index (χ3v) is 3.18. The summed E-state index contributed by atoms with van der Waals surface area (Å²) >= 11 is 0. The number of benzene rings is 1. The Labute approximate surface area is 112 Å². The van der Waals surface area contributed by atoms with Gasteiger partial charge in [-0.3, -0.25) is 0 Å². The van der Waals surface area contributed by atoms with E-state index < -0.39 is 11.6 Å². The van der Waals surface area contributed by atoms with Gasteiger partial charge in [-0.05, 0) is 33.2 Å². The van der Waals surface area contributed by atoms with Gasteiger partial charge in [-0.15, -0.1) is 0 Å². The number of aliphatic hydroxyl groups is 1. The molecule has 0 bridgehead atoms. The lowest BCUT2D eigenvalue weighted by Crippen LogP contribution is -2.43. The highest BCUT2D eigenvalue weighted by Crippen LogP contribution is 2.17. The van der Waals surface area contributed by atoms with Gasteiger partial charge in [-0.2, -0.15) is 0 Å². The molecule has 0 amide bonds. The second-order valence-electron chi connectivity index (χ2n) is 4.88. The molecule has 0 aliphatic rings. The normalized spacial score (nSPS) is 14.2. The maximum absolute atomic E-state index is 12.9. The number of nitrogens with one attached hydrogen (secondary N) is 1. The van der Waals surface area contributed by atoms with E-state index in [9.17, 15) is 13.9 Å². The van der Waals surface area contributed by atoms with Crippen molar-refractivity contribution in [2.24, 2.45) is 0 Å². The third kappa shape index (κ3) is 5.53. The first kappa shape index (κ1) is 15.9. The number of hydrogen-bond acceptors (Lipinski definition) is 3. The average Bonchev–Trinajstić information content (AvgIpc) is 2.37. The van der Waals surface area contributed by atoms with Gasteiger partial charge in [-0.25, -0.2) is 8.78 Å². The minimum Gasteiger partial charge on any atom is -0.493 e. The molecule has 19 heavy (non-hydrogen) atoms. The average molecular weight is 273 g/mol. The monoisotopic (exact) mass is 273 g/mol. The molecule has 0 aliphatic carbocycles. The molecule has 0 spiro atoms. The summed E-state index contributed by atoms with van der Waals surface area (Å²) in [5.74, 6) is -1.08. The summed E-state index contributed by atoms with van der Waals surface area (Å²) in [6.07, 6.45) is 2.42. The first-order valence-electron chi connectivity index (χ1n) is 6.38. The maximum atomic E-state index is 12.9. The Kier molecular flexibility index (Phi) is 6.18. The predicted molar refractivity (Wildman–Crippen MR) is 70.3 cm³/mol. The van der Waals surface area contributed by atoms with Gasteiger partial charge >= 0.3 is 0 Å². The Bertz CT molecular complexity index is 375. The Morgan fingerprint density at radius 3 is 2.37 bits per heavy atom. The number of likely N-dealkylation sites (N-methyl/N-ethyl adjacent to an activating group) is 1. The summed E-state index contributed by atoms with van der Waals surface area (Å²) in [5.41, 5.74) is -0.287. The number of halogens is 2. The van der Waals surface area contributed by atoms with Crippen molar-refractivity contribution in [2.75, 3.05) is 20.3 Å². The van der Waals surface area contributed by atoms with E-state index in [-0.39, 0.29) is 17.9 Å². The summed E-state index contributed by atoms with van der Waals surface area (Å²) in [5, 5.41) is 12.3. The van der Waals surface area contributed by atoms with Crippen LogP contribution in [0.5, 0.6) is 5.75 Å². The van der Waals surface area contributed by atoms with E-state index in [1.165, 1.54) is 0 Å². The zero-order chi connectivity index (χ0) is 14.3. The molecule has 1 aromatic rings. The second-order valence-corrected chi connectivity index (χ2v) is 4.88. The van der Waals surface area contributed by atoms with Crippen LogP contribution in [-0.2, 0) is 0 Å². The van der Waals surface area contributed by atoms with Crippen LogP contribution < -0.4 is 10.1 Å². The molecule has 0 aromatic heterocycles. The van der Waals surface area contributed by atoms with Gasteiger partial charge in [0.25, 0.3) is 0 Å². The summed E-state index contributed by atoms with van der Waals surface area (Å²) in [6, 6.07) is 3.13. The highest BCUT2D eigenvalue weighted by Gasteiger charge is 2.19. The lowest BCUT2D eigenvalue weighted by atomic mass is 9.96. The predicted octanol–water partition coefficient (Wildman–Crippen LogP) is 2.48. The topological polar surface area (TPSA) is 41.5 Å². The molecular formula is C14H21F2NO2. The Hall–Kier alpha value is -1.20. The molecule has 0 aliphatic heterocycles. The fourth-order valence-corrected chi connectivity index (χ4v) is 1.70.